The van der Waals surface area contributed by atoms with Crippen molar-refractivity contribution in [1.29, 1.82) is 0 Å². The highest BCUT2D eigenvalue weighted by Gasteiger charge is 2.65. The lowest BCUT2D eigenvalue weighted by Gasteiger charge is -2.16. The fraction of sp³-hybridized carbons (Fsp3) is 0.370. The minimum absolute atomic E-state index is 0.00655. The molecule has 3 N–H and O–H groups in total. The summed E-state index contributed by atoms with van der Waals surface area (Å²) in [5.41, 5.74) is 4.50. The van der Waals surface area contributed by atoms with Crippen molar-refractivity contribution >= 4 is 18.0 Å². The maximum absolute atomic E-state index is 12.4. The van der Waals surface area contributed by atoms with Crippen LogP contribution < -0.4 is 10.6 Å². The standard InChI is InChI=1S/C27H28N2O5/c1-16(24(30)29-18-12-17-13-27(17,14-18)25(31)32)10-11-28-26(33)34-15-23-21-8-4-2-6-19(21)20-7-3-5-9-22(20)23/h2-10,17-18,23H,11-15H2,1H3,(H,28,33)(H,29,30)(H,31,32)/b16-10+/t17-,18+,27+/m0/s1. The fourth-order valence-electron chi connectivity index (χ4n) is 5.59. The quantitative estimate of drug-likeness (QED) is 0.545. The van der Waals surface area contributed by atoms with E-state index in [-0.39, 0.29) is 36.9 Å². The second-order valence-electron chi connectivity index (χ2n) is 9.57. The number of rotatable bonds is 7. The van der Waals surface area contributed by atoms with Crippen LogP contribution in [0.1, 0.15) is 43.2 Å². The van der Waals surface area contributed by atoms with Crippen molar-refractivity contribution in [3.63, 3.8) is 0 Å². The molecule has 0 radical (unpaired) electrons. The van der Waals surface area contributed by atoms with Gasteiger partial charge in [-0.15, -0.1) is 0 Å². The van der Waals surface area contributed by atoms with E-state index in [9.17, 15) is 19.5 Å². The third kappa shape index (κ3) is 3.95. The Morgan fingerprint density at radius 3 is 2.32 bits per heavy atom. The number of benzene rings is 2. The second kappa shape index (κ2) is 8.63. The van der Waals surface area contributed by atoms with E-state index >= 15 is 0 Å². The van der Waals surface area contributed by atoms with Crippen molar-refractivity contribution in [3.05, 3.63) is 71.3 Å². The van der Waals surface area contributed by atoms with E-state index in [1.54, 1.807) is 13.0 Å². The fourth-order valence-corrected chi connectivity index (χ4v) is 5.59. The number of amides is 2. The molecule has 7 nitrogen and oxygen atoms in total. The molecule has 3 aliphatic rings. The number of ether oxygens (including phenoxy) is 1. The number of aliphatic carboxylic acids is 1. The first-order valence-corrected chi connectivity index (χ1v) is 11.7. The van der Waals surface area contributed by atoms with E-state index in [2.05, 4.69) is 34.9 Å². The van der Waals surface area contributed by atoms with E-state index in [0.29, 0.717) is 24.8 Å². The van der Waals surface area contributed by atoms with E-state index in [4.69, 9.17) is 4.74 Å². The van der Waals surface area contributed by atoms with Crippen molar-refractivity contribution < 1.29 is 24.2 Å². The molecule has 0 bridgehead atoms. The summed E-state index contributed by atoms with van der Waals surface area (Å²) in [5.74, 6) is -0.822. The van der Waals surface area contributed by atoms with Crippen LogP contribution in [0.5, 0.6) is 0 Å². The molecule has 0 aromatic heterocycles. The number of fused-ring (bicyclic) bond motifs is 4. The van der Waals surface area contributed by atoms with Crippen LogP contribution in [-0.2, 0) is 14.3 Å². The number of carbonyl (C=O) groups is 3. The van der Waals surface area contributed by atoms with Gasteiger partial charge < -0.3 is 20.5 Å². The van der Waals surface area contributed by atoms with Crippen molar-refractivity contribution in [3.8, 4) is 11.1 Å². The molecule has 2 aromatic rings. The molecule has 176 valence electrons. The van der Waals surface area contributed by atoms with Gasteiger partial charge in [-0.2, -0.15) is 0 Å². The van der Waals surface area contributed by atoms with E-state index in [1.165, 1.54) is 11.1 Å². The first-order valence-electron chi connectivity index (χ1n) is 11.7. The number of alkyl carbamates (subject to hydrolysis) is 1. The van der Waals surface area contributed by atoms with Gasteiger partial charge in [0.05, 0.1) is 5.41 Å². The van der Waals surface area contributed by atoms with Crippen LogP contribution in [0.4, 0.5) is 4.79 Å². The topological polar surface area (TPSA) is 105 Å². The van der Waals surface area contributed by atoms with Crippen molar-refractivity contribution in [2.75, 3.05) is 13.2 Å². The lowest BCUT2D eigenvalue weighted by molar-refractivity contribution is -0.143. The van der Waals surface area contributed by atoms with Crippen LogP contribution in [0.2, 0.25) is 0 Å². The predicted octanol–water partition coefficient (Wildman–Crippen LogP) is 3.84. The Balaban J connectivity index is 1.10. The van der Waals surface area contributed by atoms with E-state index in [1.807, 2.05) is 24.3 Å². The molecule has 3 atom stereocenters. The van der Waals surface area contributed by atoms with Gasteiger partial charge in [0.1, 0.15) is 6.61 Å². The lowest BCUT2D eigenvalue weighted by Crippen LogP contribution is -2.36. The maximum atomic E-state index is 12.4. The normalized spacial score (nSPS) is 24.6. The minimum atomic E-state index is -0.756. The lowest BCUT2D eigenvalue weighted by atomic mass is 9.98. The molecular formula is C27H28N2O5. The van der Waals surface area contributed by atoms with Crippen LogP contribution in [0.3, 0.4) is 0 Å². The molecular weight excluding hydrogens is 432 g/mol. The monoisotopic (exact) mass is 460 g/mol. The first kappa shape index (κ1) is 22.2. The van der Waals surface area contributed by atoms with Gasteiger partial charge in [0.25, 0.3) is 0 Å². The number of carbonyl (C=O) groups excluding carboxylic acids is 2. The Morgan fingerprint density at radius 2 is 1.71 bits per heavy atom. The summed E-state index contributed by atoms with van der Waals surface area (Å²) in [6.45, 7) is 2.08. The maximum Gasteiger partial charge on any atom is 0.407 e. The molecule has 0 heterocycles. The third-order valence-corrected chi connectivity index (χ3v) is 7.53. The Labute approximate surface area is 198 Å². The van der Waals surface area contributed by atoms with Gasteiger partial charge in [0.2, 0.25) is 5.91 Å². The molecule has 0 unspecified atom stereocenters. The van der Waals surface area contributed by atoms with Crippen molar-refractivity contribution in [1.82, 2.24) is 10.6 Å². The summed E-state index contributed by atoms with van der Waals surface area (Å²) in [6, 6.07) is 16.2. The molecule has 5 rings (SSSR count). The zero-order chi connectivity index (χ0) is 23.9. The van der Waals surface area contributed by atoms with Gasteiger partial charge in [-0.1, -0.05) is 54.6 Å². The van der Waals surface area contributed by atoms with E-state index < -0.39 is 17.5 Å². The summed E-state index contributed by atoms with van der Waals surface area (Å²) < 4.78 is 5.50. The SMILES string of the molecule is C/C(=C\CNC(=O)OCC1c2ccccc2-c2ccccc21)C(=O)N[C@@H]1C[C@H]2C[C@@]2(C(=O)O)C1. The molecule has 2 saturated carbocycles. The average molecular weight is 461 g/mol. The van der Waals surface area contributed by atoms with Gasteiger partial charge in [0, 0.05) is 24.1 Å². The zero-order valence-electron chi connectivity index (χ0n) is 19.0. The number of carboxylic acids is 1. The van der Waals surface area contributed by atoms with Crippen LogP contribution in [0, 0.1) is 11.3 Å². The summed E-state index contributed by atoms with van der Waals surface area (Å²) in [4.78, 5) is 36.1. The predicted molar refractivity (Wildman–Crippen MR) is 126 cm³/mol. The van der Waals surface area contributed by atoms with Crippen LogP contribution in [0.15, 0.2) is 60.2 Å². The molecule has 0 aliphatic heterocycles. The molecule has 2 fully saturated rings. The summed E-state index contributed by atoms with van der Waals surface area (Å²) in [7, 11) is 0. The first-order chi connectivity index (χ1) is 16.4. The number of hydrogen-bond donors (Lipinski definition) is 3. The summed E-state index contributed by atoms with van der Waals surface area (Å²) in [6.07, 6.45) is 3.02. The highest BCUT2D eigenvalue weighted by Crippen LogP contribution is 2.63. The number of carboxylic acid groups (broad SMARTS) is 1. The highest BCUT2D eigenvalue weighted by atomic mass is 16.5. The Hall–Kier alpha value is -3.61. The van der Waals surface area contributed by atoms with Crippen molar-refractivity contribution in [2.24, 2.45) is 11.3 Å². The van der Waals surface area contributed by atoms with Crippen LogP contribution in [-0.4, -0.2) is 42.3 Å². The molecule has 0 saturated heterocycles. The van der Waals surface area contributed by atoms with Gasteiger partial charge in [-0.05, 0) is 54.4 Å². The molecule has 34 heavy (non-hydrogen) atoms. The molecule has 3 aliphatic carbocycles. The minimum Gasteiger partial charge on any atom is -0.481 e. The third-order valence-electron chi connectivity index (χ3n) is 7.53. The molecule has 2 amide bonds. The largest absolute Gasteiger partial charge is 0.481 e. The van der Waals surface area contributed by atoms with Crippen LogP contribution >= 0.6 is 0 Å². The van der Waals surface area contributed by atoms with Gasteiger partial charge in [-0.25, -0.2) is 4.79 Å². The second-order valence-corrected chi connectivity index (χ2v) is 9.57. The Morgan fingerprint density at radius 1 is 1.06 bits per heavy atom. The Kier molecular flexibility index (Phi) is 5.63. The molecule has 2 aromatic carbocycles. The summed E-state index contributed by atoms with van der Waals surface area (Å²) >= 11 is 0. The molecule has 0 spiro atoms. The van der Waals surface area contributed by atoms with Gasteiger partial charge in [0.15, 0.2) is 0 Å². The van der Waals surface area contributed by atoms with Crippen LogP contribution in [0.25, 0.3) is 11.1 Å². The highest BCUT2D eigenvalue weighted by molar-refractivity contribution is 5.93. The smallest absolute Gasteiger partial charge is 0.407 e. The van der Waals surface area contributed by atoms with Gasteiger partial charge in [-0.3, -0.25) is 9.59 Å². The van der Waals surface area contributed by atoms with Crippen molar-refractivity contribution in [2.45, 2.75) is 38.1 Å². The zero-order valence-corrected chi connectivity index (χ0v) is 19.0. The number of hydrogen-bond acceptors (Lipinski definition) is 4. The Bertz CT molecular complexity index is 1140. The van der Waals surface area contributed by atoms with Gasteiger partial charge >= 0.3 is 12.1 Å². The summed E-state index contributed by atoms with van der Waals surface area (Å²) in [5, 5.41) is 15.0. The van der Waals surface area contributed by atoms with E-state index in [0.717, 1.165) is 11.1 Å². The molecule has 7 heteroatoms. The average Bonchev–Trinajstić information content (AvgIpc) is 3.26. The number of nitrogens with one attached hydrogen (secondary N) is 2.